The number of H-pyrrole nitrogens is 1. The molecule has 9 heteroatoms. The third-order valence-electron chi connectivity index (χ3n) is 5.15. The van der Waals surface area contributed by atoms with E-state index in [1.165, 1.54) is 6.20 Å². The largest absolute Gasteiger partial charge is 0.358 e. The van der Waals surface area contributed by atoms with Gasteiger partial charge in [0.2, 0.25) is 0 Å². The van der Waals surface area contributed by atoms with Crippen LogP contribution in [0.3, 0.4) is 0 Å². The molecule has 0 radical (unpaired) electrons. The lowest BCUT2D eigenvalue weighted by molar-refractivity contribution is -0.116. The van der Waals surface area contributed by atoms with Crippen molar-refractivity contribution in [2.75, 3.05) is 38.2 Å². The third kappa shape index (κ3) is 9.39. The van der Waals surface area contributed by atoms with Crippen LogP contribution >= 0.6 is 0 Å². The number of aromatic amines is 1. The maximum atomic E-state index is 12.8. The first kappa shape index (κ1) is 28.4. The molecule has 0 aliphatic heterocycles. The number of aromatic nitrogens is 1. The molecule has 0 unspecified atom stereocenters. The van der Waals surface area contributed by atoms with Gasteiger partial charge in [0.05, 0.1) is 11.3 Å². The molecule has 184 valence electrons. The molecule has 1 rings (SSSR count). The van der Waals surface area contributed by atoms with Crippen LogP contribution in [-0.2, 0) is 14.6 Å². The first-order valence-corrected chi connectivity index (χ1v) is 13.2. The van der Waals surface area contributed by atoms with E-state index in [0.29, 0.717) is 29.1 Å². The quantitative estimate of drug-likeness (QED) is 0.316. The number of nitrogens with zero attached hydrogens (tertiary/aromatic N) is 1. The van der Waals surface area contributed by atoms with Crippen LogP contribution in [-0.4, -0.2) is 68.3 Å². The van der Waals surface area contributed by atoms with Crippen molar-refractivity contribution in [3.63, 3.8) is 0 Å². The summed E-state index contributed by atoms with van der Waals surface area (Å²) in [4.78, 5) is 30.9. The highest BCUT2D eigenvalue weighted by atomic mass is 32.2. The van der Waals surface area contributed by atoms with E-state index in [9.17, 15) is 18.0 Å². The molecule has 1 aromatic rings. The van der Waals surface area contributed by atoms with Crippen molar-refractivity contribution in [3.05, 3.63) is 52.0 Å². The highest BCUT2D eigenvalue weighted by molar-refractivity contribution is 7.90. The van der Waals surface area contributed by atoms with E-state index in [-0.39, 0.29) is 23.1 Å². The lowest BCUT2D eigenvalue weighted by atomic mass is 10.1. The Morgan fingerprint density at radius 3 is 2.33 bits per heavy atom. The first-order chi connectivity index (χ1) is 15.4. The van der Waals surface area contributed by atoms with Gasteiger partial charge in [-0.2, -0.15) is 0 Å². The lowest BCUT2D eigenvalue weighted by Crippen LogP contribution is -2.35. The zero-order valence-corrected chi connectivity index (χ0v) is 21.6. The molecule has 0 aliphatic rings. The van der Waals surface area contributed by atoms with Crippen molar-refractivity contribution in [1.29, 1.82) is 0 Å². The second-order valence-corrected chi connectivity index (χ2v) is 10.2. The number of carbonyl (C=O) groups excluding carboxylic acids is 2. The zero-order chi connectivity index (χ0) is 25.2. The average Bonchev–Trinajstić information content (AvgIpc) is 3.00. The number of hydrogen-bond donors (Lipinski definition) is 3. The molecule has 3 N–H and O–H groups in total. The molecule has 33 heavy (non-hydrogen) atoms. The third-order valence-corrected chi connectivity index (χ3v) is 6.13. The summed E-state index contributed by atoms with van der Waals surface area (Å²) in [6, 6.07) is 0. The Hall–Kier alpha value is -2.65. The molecule has 0 saturated carbocycles. The second-order valence-electron chi connectivity index (χ2n) is 8.08. The fourth-order valence-corrected chi connectivity index (χ4v) is 4.42. The highest BCUT2D eigenvalue weighted by Gasteiger charge is 2.18. The summed E-state index contributed by atoms with van der Waals surface area (Å²) in [7, 11) is -3.23. The van der Waals surface area contributed by atoms with Gasteiger partial charge in [0.15, 0.2) is 9.84 Å². The number of allylic oxidation sites excluding steroid dienone is 1. The Kier molecular flexibility index (Phi) is 11.3. The van der Waals surface area contributed by atoms with Crippen molar-refractivity contribution in [3.8, 4) is 0 Å². The molecule has 2 amide bonds. The molecule has 0 aromatic carbocycles. The number of hydrogen-bond acceptors (Lipinski definition) is 5. The normalized spacial score (nSPS) is 13.1. The van der Waals surface area contributed by atoms with Crippen LogP contribution in [0.5, 0.6) is 0 Å². The smallest absolute Gasteiger partial charge is 0.255 e. The predicted molar refractivity (Wildman–Crippen MR) is 135 cm³/mol. The zero-order valence-electron chi connectivity index (χ0n) is 20.8. The molecule has 1 aromatic heterocycles. The minimum atomic E-state index is -3.23. The topological polar surface area (TPSA) is 111 Å². The van der Waals surface area contributed by atoms with Gasteiger partial charge in [-0.1, -0.05) is 25.5 Å². The first-order valence-electron chi connectivity index (χ1n) is 11.1. The summed E-state index contributed by atoms with van der Waals surface area (Å²) in [5, 5.41) is 5.62. The molecular weight excluding hydrogens is 440 g/mol. The van der Waals surface area contributed by atoms with E-state index in [1.807, 2.05) is 13.8 Å². The molecule has 0 bridgehead atoms. The molecule has 8 nitrogen and oxygen atoms in total. The van der Waals surface area contributed by atoms with Gasteiger partial charge in [-0.05, 0) is 64.7 Å². The van der Waals surface area contributed by atoms with Crippen molar-refractivity contribution in [2.24, 2.45) is 0 Å². The standard InChI is InChI=1S/C24H38N4O4S/c1-8-11-25-23(29)20(14-17(4)16-33(7,31)32)15-21-18(5)22(19(6)27-21)24(30)26-12-13-28(9-2)10-3/h8,11,14-15,27H,9-10,12-13,16H2,1-7H3,(H,25,29)(H,26,30). The van der Waals surface area contributed by atoms with Crippen LogP contribution in [0.4, 0.5) is 0 Å². The number of carbonyl (C=O) groups is 2. The van der Waals surface area contributed by atoms with Crippen molar-refractivity contribution in [2.45, 2.75) is 41.5 Å². The fraction of sp³-hybridized carbons (Fsp3) is 0.500. The highest BCUT2D eigenvalue weighted by Crippen LogP contribution is 2.21. The lowest BCUT2D eigenvalue weighted by Gasteiger charge is -2.18. The number of amides is 2. The van der Waals surface area contributed by atoms with Gasteiger partial charge in [-0.15, -0.1) is 0 Å². The molecule has 0 saturated heterocycles. The minimum absolute atomic E-state index is 0.149. The van der Waals surface area contributed by atoms with E-state index in [1.54, 1.807) is 32.1 Å². The molecule has 0 aliphatic carbocycles. The minimum Gasteiger partial charge on any atom is -0.358 e. The van der Waals surface area contributed by atoms with Gasteiger partial charge in [0, 0.05) is 36.3 Å². The van der Waals surface area contributed by atoms with Crippen molar-refractivity contribution >= 4 is 27.7 Å². The van der Waals surface area contributed by atoms with E-state index in [4.69, 9.17) is 0 Å². The Balaban J connectivity index is 3.26. The van der Waals surface area contributed by atoms with Gasteiger partial charge < -0.3 is 20.5 Å². The molecule has 0 atom stereocenters. The molecular formula is C24H38N4O4S. The molecule has 0 spiro atoms. The number of rotatable bonds is 12. The van der Waals surface area contributed by atoms with Crippen LogP contribution in [0.25, 0.3) is 6.08 Å². The van der Waals surface area contributed by atoms with Crippen LogP contribution < -0.4 is 10.6 Å². The van der Waals surface area contributed by atoms with Gasteiger partial charge in [0.25, 0.3) is 11.8 Å². The van der Waals surface area contributed by atoms with E-state index in [2.05, 4.69) is 34.4 Å². The second kappa shape index (κ2) is 13.2. The van der Waals surface area contributed by atoms with Crippen LogP contribution in [0.15, 0.2) is 29.5 Å². The van der Waals surface area contributed by atoms with Crippen LogP contribution in [0.2, 0.25) is 0 Å². The maximum Gasteiger partial charge on any atom is 0.255 e. The van der Waals surface area contributed by atoms with Gasteiger partial charge in [0.1, 0.15) is 0 Å². The number of aryl methyl sites for hydroxylation is 1. The number of sulfone groups is 1. The Labute approximate surface area is 198 Å². The van der Waals surface area contributed by atoms with Crippen LogP contribution in [0.1, 0.15) is 55.0 Å². The summed E-state index contributed by atoms with van der Waals surface area (Å²) in [6.45, 7) is 14.4. The summed E-state index contributed by atoms with van der Waals surface area (Å²) in [5.74, 6) is -0.695. The monoisotopic (exact) mass is 478 g/mol. The van der Waals surface area contributed by atoms with Crippen molar-refractivity contribution < 1.29 is 18.0 Å². The van der Waals surface area contributed by atoms with E-state index < -0.39 is 9.84 Å². The van der Waals surface area contributed by atoms with Gasteiger partial charge in [-0.3, -0.25) is 9.59 Å². The Morgan fingerprint density at radius 1 is 1.15 bits per heavy atom. The fourth-order valence-electron chi connectivity index (χ4n) is 3.51. The van der Waals surface area contributed by atoms with Gasteiger partial charge >= 0.3 is 0 Å². The average molecular weight is 479 g/mol. The summed E-state index contributed by atoms with van der Waals surface area (Å²) in [6.07, 6.45) is 7.54. The molecule has 1 heterocycles. The Bertz CT molecular complexity index is 1030. The van der Waals surface area contributed by atoms with Gasteiger partial charge in [-0.25, -0.2) is 8.42 Å². The summed E-state index contributed by atoms with van der Waals surface area (Å²) >= 11 is 0. The predicted octanol–water partition coefficient (Wildman–Crippen LogP) is 2.73. The summed E-state index contributed by atoms with van der Waals surface area (Å²) in [5.41, 5.74) is 3.41. The van der Waals surface area contributed by atoms with E-state index in [0.717, 1.165) is 31.5 Å². The summed E-state index contributed by atoms with van der Waals surface area (Å²) < 4.78 is 23.3. The van der Waals surface area contributed by atoms with Crippen molar-refractivity contribution in [1.82, 2.24) is 20.5 Å². The number of nitrogens with one attached hydrogen (secondary N) is 3. The van der Waals surface area contributed by atoms with E-state index >= 15 is 0 Å². The number of likely N-dealkylation sites (N-methyl/N-ethyl adjacent to an activating group) is 1. The molecule has 0 fully saturated rings. The Morgan fingerprint density at radius 2 is 1.79 bits per heavy atom. The SMILES string of the molecule is CC=CNC(=O)C(C=C(C)CS(C)(=O)=O)=Cc1[nH]c(C)c(C(=O)NCCN(CC)CC)c1C. The van der Waals surface area contributed by atoms with Crippen LogP contribution in [0, 0.1) is 13.8 Å². The maximum absolute atomic E-state index is 12.8.